The van der Waals surface area contributed by atoms with E-state index < -0.39 is 0 Å². The van der Waals surface area contributed by atoms with Crippen LogP contribution in [-0.4, -0.2) is 27.7 Å². The van der Waals surface area contributed by atoms with Crippen LogP contribution in [0.1, 0.15) is 19.8 Å². The summed E-state index contributed by atoms with van der Waals surface area (Å²) in [7, 11) is 3.35. The molecule has 0 unspecified atom stereocenters. The Labute approximate surface area is 133 Å². The first-order valence-corrected chi connectivity index (χ1v) is 7.68. The van der Waals surface area contributed by atoms with Crippen molar-refractivity contribution in [1.82, 2.24) is 0 Å². The Hall–Kier alpha value is -1.94. The summed E-state index contributed by atoms with van der Waals surface area (Å²) in [5, 5.41) is 0. The van der Waals surface area contributed by atoms with Gasteiger partial charge in [0, 0.05) is 6.61 Å². The minimum Gasteiger partial charge on any atom is -0.497 e. The summed E-state index contributed by atoms with van der Waals surface area (Å²) in [6.45, 7) is 2.85. The van der Waals surface area contributed by atoms with Crippen LogP contribution in [0.4, 0.5) is 0 Å². The van der Waals surface area contributed by atoms with Crippen molar-refractivity contribution in [2.75, 3.05) is 20.8 Å². The maximum absolute atomic E-state index is 6.12. The lowest BCUT2D eigenvalue weighted by molar-refractivity contribution is 0.324. The lowest BCUT2D eigenvalue weighted by Gasteiger charge is -2.16. The summed E-state index contributed by atoms with van der Waals surface area (Å²) in [6.07, 6.45) is 2.18. The van der Waals surface area contributed by atoms with Crippen molar-refractivity contribution >= 4 is 17.8 Å². The fourth-order valence-electron chi connectivity index (χ4n) is 2.29. The third-order valence-electron chi connectivity index (χ3n) is 3.62. The molecule has 0 aliphatic rings. The molecule has 0 fully saturated rings. The van der Waals surface area contributed by atoms with Gasteiger partial charge in [-0.15, -0.1) is 0 Å². The Morgan fingerprint density at radius 2 is 1.23 bits per heavy atom. The second kappa shape index (κ2) is 8.49. The monoisotopic (exact) mass is 298 g/mol. The lowest BCUT2D eigenvalue weighted by Crippen LogP contribution is -2.45. The number of hydrogen-bond acceptors (Lipinski definition) is 3. The molecule has 116 valence electrons. The van der Waals surface area contributed by atoms with Crippen LogP contribution >= 0.6 is 0 Å². The molecule has 2 aromatic rings. The highest BCUT2D eigenvalue weighted by molar-refractivity contribution is 6.80. The number of methoxy groups -OCH3 is 2. The summed E-state index contributed by atoms with van der Waals surface area (Å²) in [6, 6.07) is 16.1. The number of hydrogen-bond donors (Lipinski definition) is 0. The van der Waals surface area contributed by atoms with Crippen LogP contribution in [0.5, 0.6) is 11.5 Å². The molecule has 2 aromatic carbocycles. The van der Waals surface area contributed by atoms with E-state index >= 15 is 0 Å². The van der Waals surface area contributed by atoms with E-state index in [0.29, 0.717) is 0 Å². The largest absolute Gasteiger partial charge is 0.497 e. The van der Waals surface area contributed by atoms with Gasteiger partial charge in [-0.3, -0.25) is 0 Å². The normalized spacial score (nSPS) is 10.3. The van der Waals surface area contributed by atoms with E-state index in [1.54, 1.807) is 14.2 Å². The molecule has 0 saturated carbocycles. The molecule has 0 aliphatic heterocycles. The highest BCUT2D eigenvalue weighted by atomic mass is 16.5. The Morgan fingerprint density at radius 3 is 1.59 bits per heavy atom. The topological polar surface area (TPSA) is 27.7 Å². The standard InChI is InChI=1S/C18H23BO3/c1-4-5-14-22-19(15-6-10-17(20-2)11-7-15)16-8-12-18(21-3)13-9-16/h6-13H,4-5,14H2,1-3H3. The molecule has 0 spiro atoms. The van der Waals surface area contributed by atoms with Crippen LogP contribution in [0, 0.1) is 0 Å². The molecule has 3 nitrogen and oxygen atoms in total. The molecule has 0 heterocycles. The molecule has 22 heavy (non-hydrogen) atoms. The van der Waals surface area contributed by atoms with E-state index in [4.69, 9.17) is 14.1 Å². The van der Waals surface area contributed by atoms with E-state index in [-0.39, 0.29) is 6.92 Å². The van der Waals surface area contributed by atoms with Crippen LogP contribution in [-0.2, 0) is 4.65 Å². The van der Waals surface area contributed by atoms with E-state index in [2.05, 4.69) is 31.2 Å². The van der Waals surface area contributed by atoms with Gasteiger partial charge in [0.05, 0.1) is 14.2 Å². The highest BCUT2D eigenvalue weighted by Crippen LogP contribution is 2.09. The van der Waals surface area contributed by atoms with E-state index in [1.165, 1.54) is 0 Å². The predicted molar refractivity (Wildman–Crippen MR) is 91.9 cm³/mol. The van der Waals surface area contributed by atoms with Gasteiger partial charge in [-0.25, -0.2) is 0 Å². The van der Waals surface area contributed by atoms with E-state index in [1.807, 2.05) is 24.3 Å². The van der Waals surface area contributed by atoms with Crippen molar-refractivity contribution < 1.29 is 14.1 Å². The molecule has 4 heteroatoms. The first-order chi connectivity index (χ1) is 10.8. The SMILES string of the molecule is CCCCOB(c1ccc(OC)cc1)c1ccc(OC)cc1. The predicted octanol–water partition coefficient (Wildman–Crippen LogP) is 2.63. The van der Waals surface area contributed by atoms with Crippen molar-refractivity contribution in [3.63, 3.8) is 0 Å². The molecule has 0 aromatic heterocycles. The summed E-state index contributed by atoms with van der Waals surface area (Å²) in [5.41, 5.74) is 2.25. The lowest BCUT2D eigenvalue weighted by atomic mass is 9.55. The van der Waals surface area contributed by atoms with Crippen molar-refractivity contribution in [2.24, 2.45) is 0 Å². The Morgan fingerprint density at radius 1 is 0.773 bits per heavy atom. The molecule has 0 N–H and O–H groups in total. The zero-order valence-electron chi connectivity index (χ0n) is 13.5. The van der Waals surface area contributed by atoms with Gasteiger partial charge >= 0.3 is 6.92 Å². The quantitative estimate of drug-likeness (QED) is 0.554. The number of rotatable bonds is 8. The third-order valence-corrected chi connectivity index (χ3v) is 3.62. The minimum atomic E-state index is -0.0663. The van der Waals surface area contributed by atoms with Crippen molar-refractivity contribution in [1.29, 1.82) is 0 Å². The van der Waals surface area contributed by atoms with Gasteiger partial charge in [0.25, 0.3) is 0 Å². The molecule has 2 rings (SSSR count). The van der Waals surface area contributed by atoms with Crippen LogP contribution in [0.15, 0.2) is 48.5 Å². The smallest absolute Gasteiger partial charge is 0.361 e. The molecule has 0 amide bonds. The van der Waals surface area contributed by atoms with Crippen molar-refractivity contribution in [3.05, 3.63) is 48.5 Å². The molecular formula is C18H23BO3. The van der Waals surface area contributed by atoms with E-state index in [0.717, 1.165) is 41.9 Å². The van der Waals surface area contributed by atoms with Gasteiger partial charge in [0.1, 0.15) is 11.5 Å². The van der Waals surface area contributed by atoms with Crippen molar-refractivity contribution in [2.45, 2.75) is 19.8 Å². The summed E-state index contributed by atoms with van der Waals surface area (Å²) >= 11 is 0. The fourth-order valence-corrected chi connectivity index (χ4v) is 2.29. The highest BCUT2D eigenvalue weighted by Gasteiger charge is 2.21. The zero-order chi connectivity index (χ0) is 15.8. The number of ether oxygens (including phenoxy) is 2. The van der Waals surface area contributed by atoms with Crippen molar-refractivity contribution in [3.8, 4) is 11.5 Å². The van der Waals surface area contributed by atoms with Crippen LogP contribution in [0.3, 0.4) is 0 Å². The first kappa shape index (κ1) is 16.4. The number of unbranched alkanes of at least 4 members (excludes halogenated alkanes) is 1. The average Bonchev–Trinajstić information content (AvgIpc) is 2.59. The summed E-state index contributed by atoms with van der Waals surface area (Å²) < 4.78 is 16.6. The minimum absolute atomic E-state index is 0.0663. The second-order valence-electron chi connectivity index (χ2n) is 5.15. The Bertz CT molecular complexity index is 504. The van der Waals surface area contributed by atoms with Crippen LogP contribution in [0.25, 0.3) is 0 Å². The summed E-state index contributed by atoms with van der Waals surface area (Å²) in [4.78, 5) is 0. The Kier molecular flexibility index (Phi) is 6.35. The molecule has 0 saturated heterocycles. The van der Waals surface area contributed by atoms with Gasteiger partial charge in [0.2, 0.25) is 0 Å². The fraction of sp³-hybridized carbons (Fsp3) is 0.333. The molecule has 0 atom stereocenters. The first-order valence-electron chi connectivity index (χ1n) is 7.68. The van der Waals surface area contributed by atoms with Gasteiger partial charge < -0.3 is 14.1 Å². The maximum Gasteiger partial charge on any atom is 0.361 e. The van der Waals surface area contributed by atoms with E-state index in [9.17, 15) is 0 Å². The number of benzene rings is 2. The van der Waals surface area contributed by atoms with Gasteiger partial charge in [-0.1, -0.05) is 37.6 Å². The molecule has 0 bridgehead atoms. The van der Waals surface area contributed by atoms with Gasteiger partial charge in [-0.05, 0) is 41.6 Å². The average molecular weight is 298 g/mol. The van der Waals surface area contributed by atoms with Crippen LogP contribution in [0.2, 0.25) is 0 Å². The van der Waals surface area contributed by atoms with Crippen LogP contribution < -0.4 is 20.4 Å². The Balaban J connectivity index is 2.23. The molecule has 0 radical (unpaired) electrons. The second-order valence-corrected chi connectivity index (χ2v) is 5.15. The zero-order valence-corrected chi connectivity index (χ0v) is 13.5. The summed E-state index contributed by atoms with van der Waals surface area (Å²) in [5.74, 6) is 1.71. The van der Waals surface area contributed by atoms with Gasteiger partial charge in [0.15, 0.2) is 0 Å². The third kappa shape index (κ3) is 4.28. The molecular weight excluding hydrogens is 275 g/mol. The molecule has 0 aliphatic carbocycles. The van der Waals surface area contributed by atoms with Gasteiger partial charge in [-0.2, -0.15) is 0 Å². The maximum atomic E-state index is 6.12.